The highest BCUT2D eigenvalue weighted by atomic mass is 16.6. The van der Waals surface area contributed by atoms with E-state index < -0.39 is 6.10 Å². The van der Waals surface area contributed by atoms with Crippen molar-refractivity contribution >= 4 is 17.9 Å². The summed E-state index contributed by atoms with van der Waals surface area (Å²) in [5.41, 5.74) is 0. The topological polar surface area (TPSA) is 78.9 Å². The predicted octanol–water partition coefficient (Wildman–Crippen LogP) is 25.2. The molecule has 0 rings (SSSR count). The fourth-order valence-electron chi connectivity index (χ4n) is 11.5. The summed E-state index contributed by atoms with van der Waals surface area (Å²) in [6, 6.07) is 0. The maximum absolute atomic E-state index is 13.0. The zero-order chi connectivity index (χ0) is 57.8. The molecule has 0 spiro atoms. The fraction of sp³-hybridized carbons (Fsp3) is 0.932. The zero-order valence-corrected chi connectivity index (χ0v) is 54.6. The molecule has 1 atom stereocenters. The van der Waals surface area contributed by atoms with Crippen LogP contribution >= 0.6 is 0 Å². The van der Waals surface area contributed by atoms with Gasteiger partial charge in [-0.2, -0.15) is 0 Å². The number of allylic oxidation sites excluding steroid dienone is 2. The molecule has 0 aliphatic heterocycles. The molecule has 474 valence electrons. The molecule has 0 aliphatic carbocycles. The van der Waals surface area contributed by atoms with E-state index in [1.54, 1.807) is 0 Å². The van der Waals surface area contributed by atoms with Crippen molar-refractivity contribution in [2.45, 2.75) is 431 Å². The monoisotopic (exact) mass is 1130 g/mol. The van der Waals surface area contributed by atoms with Gasteiger partial charge in [0.2, 0.25) is 0 Å². The number of unbranched alkanes of at least 4 members (excludes halogenated alkanes) is 56. The number of esters is 3. The Balaban J connectivity index is 4.18. The average molecular weight is 1130 g/mol. The number of hydrogen-bond donors (Lipinski definition) is 0. The molecule has 0 heterocycles. The summed E-state index contributed by atoms with van der Waals surface area (Å²) in [6.45, 7) is 6.72. The first kappa shape index (κ1) is 78.1. The highest BCUT2D eigenvalue weighted by Gasteiger charge is 2.20. The van der Waals surface area contributed by atoms with Crippen molar-refractivity contribution in [3.8, 4) is 0 Å². The van der Waals surface area contributed by atoms with Crippen LogP contribution in [0.3, 0.4) is 0 Å². The number of carbonyl (C=O) groups is 3. The van der Waals surface area contributed by atoms with Crippen molar-refractivity contribution < 1.29 is 28.6 Å². The third kappa shape index (κ3) is 66.9. The van der Waals surface area contributed by atoms with Gasteiger partial charge >= 0.3 is 17.9 Å². The van der Waals surface area contributed by atoms with E-state index >= 15 is 0 Å². The van der Waals surface area contributed by atoms with Crippen LogP contribution in [-0.4, -0.2) is 37.2 Å². The van der Waals surface area contributed by atoms with Gasteiger partial charge in [0.05, 0.1) is 0 Å². The molecule has 0 radical (unpaired) electrons. The molecule has 6 nitrogen and oxygen atoms in total. The lowest BCUT2D eigenvalue weighted by Crippen LogP contribution is -2.30. The summed E-state index contributed by atoms with van der Waals surface area (Å²) < 4.78 is 17.0. The van der Waals surface area contributed by atoms with Gasteiger partial charge in [0.25, 0.3) is 0 Å². The molecule has 0 amide bonds. The number of hydrogen-bond acceptors (Lipinski definition) is 6. The largest absolute Gasteiger partial charge is 0.462 e. The lowest BCUT2D eigenvalue weighted by molar-refractivity contribution is -0.167. The van der Waals surface area contributed by atoms with Crippen LogP contribution in [0.1, 0.15) is 425 Å². The minimum absolute atomic E-state index is 0.0656. The standard InChI is InChI=1S/C74H142O6/c1-4-7-10-13-16-19-22-25-27-29-31-33-35-36-37-39-40-42-44-46-49-52-55-58-61-64-67-73(76)79-70-71(69-78-72(75)66-63-60-57-54-51-48-24-21-18-15-12-9-6-3)80-74(77)68-65-62-59-56-53-50-47-45-43-41-38-34-32-30-28-26-23-20-17-14-11-8-5-2/h21,24,71H,4-20,22-23,25-70H2,1-3H3/b24-21-. The molecule has 0 bridgehead atoms. The van der Waals surface area contributed by atoms with Crippen molar-refractivity contribution in [2.75, 3.05) is 13.2 Å². The Labute approximate surface area is 501 Å². The van der Waals surface area contributed by atoms with E-state index in [0.717, 1.165) is 64.2 Å². The number of ether oxygens (including phenoxy) is 3. The quantitative estimate of drug-likeness (QED) is 0.0261. The van der Waals surface area contributed by atoms with Crippen molar-refractivity contribution in [1.29, 1.82) is 0 Å². The molecule has 0 N–H and O–H groups in total. The molecular formula is C74H142O6. The molecular weight excluding hydrogens is 985 g/mol. The Morgan fingerprint density at radius 2 is 0.412 bits per heavy atom. The summed E-state index contributed by atoms with van der Waals surface area (Å²) in [5.74, 6) is -0.838. The van der Waals surface area contributed by atoms with E-state index in [4.69, 9.17) is 14.2 Å². The van der Waals surface area contributed by atoms with Gasteiger partial charge in [0.1, 0.15) is 13.2 Å². The van der Waals surface area contributed by atoms with E-state index in [-0.39, 0.29) is 31.1 Å². The van der Waals surface area contributed by atoms with Gasteiger partial charge in [-0.3, -0.25) is 14.4 Å². The van der Waals surface area contributed by atoms with E-state index in [1.165, 1.54) is 321 Å². The molecule has 0 saturated heterocycles. The maximum Gasteiger partial charge on any atom is 0.306 e. The summed E-state index contributed by atoms with van der Waals surface area (Å²) in [6.07, 6.45) is 84.0. The molecule has 80 heavy (non-hydrogen) atoms. The second-order valence-electron chi connectivity index (χ2n) is 25.2. The van der Waals surface area contributed by atoms with Gasteiger partial charge in [-0.05, 0) is 44.9 Å². The van der Waals surface area contributed by atoms with Gasteiger partial charge < -0.3 is 14.2 Å². The Kier molecular flexibility index (Phi) is 68.0. The molecule has 0 aromatic heterocycles. The van der Waals surface area contributed by atoms with Crippen molar-refractivity contribution in [3.05, 3.63) is 12.2 Å². The van der Waals surface area contributed by atoms with Crippen LogP contribution < -0.4 is 0 Å². The second-order valence-corrected chi connectivity index (χ2v) is 25.2. The summed E-state index contributed by atoms with van der Waals surface area (Å²) in [7, 11) is 0. The molecule has 0 aliphatic rings. The first-order valence-corrected chi connectivity index (χ1v) is 36.7. The van der Waals surface area contributed by atoms with E-state index in [2.05, 4.69) is 32.9 Å². The smallest absolute Gasteiger partial charge is 0.306 e. The lowest BCUT2D eigenvalue weighted by Gasteiger charge is -2.18. The molecule has 0 aromatic rings. The second kappa shape index (κ2) is 69.6. The van der Waals surface area contributed by atoms with Crippen LogP contribution in [0.4, 0.5) is 0 Å². The highest BCUT2D eigenvalue weighted by molar-refractivity contribution is 5.71. The minimum Gasteiger partial charge on any atom is -0.462 e. The van der Waals surface area contributed by atoms with Gasteiger partial charge in [0.15, 0.2) is 6.10 Å². The van der Waals surface area contributed by atoms with Crippen LogP contribution in [-0.2, 0) is 28.6 Å². The Bertz CT molecular complexity index is 1250. The van der Waals surface area contributed by atoms with E-state index in [9.17, 15) is 14.4 Å². The van der Waals surface area contributed by atoms with Crippen molar-refractivity contribution in [2.24, 2.45) is 0 Å². The highest BCUT2D eigenvalue weighted by Crippen LogP contribution is 2.19. The first-order chi connectivity index (χ1) is 39.5. The van der Waals surface area contributed by atoms with Crippen LogP contribution in [0.25, 0.3) is 0 Å². The first-order valence-electron chi connectivity index (χ1n) is 36.7. The van der Waals surface area contributed by atoms with Crippen molar-refractivity contribution in [1.82, 2.24) is 0 Å². The van der Waals surface area contributed by atoms with Gasteiger partial charge in [-0.25, -0.2) is 0 Å². The normalized spacial score (nSPS) is 12.0. The molecule has 0 fully saturated rings. The molecule has 0 saturated carbocycles. The number of carbonyl (C=O) groups excluding carboxylic acids is 3. The van der Waals surface area contributed by atoms with Crippen LogP contribution in [0.5, 0.6) is 0 Å². The van der Waals surface area contributed by atoms with E-state index in [0.29, 0.717) is 19.3 Å². The number of rotatable bonds is 69. The van der Waals surface area contributed by atoms with Crippen LogP contribution in [0, 0.1) is 0 Å². The third-order valence-corrected chi connectivity index (χ3v) is 17.0. The molecule has 0 aromatic carbocycles. The molecule has 1 unspecified atom stereocenters. The van der Waals surface area contributed by atoms with Gasteiger partial charge in [-0.1, -0.05) is 373 Å². The maximum atomic E-state index is 13.0. The average Bonchev–Trinajstić information content (AvgIpc) is 3.46. The third-order valence-electron chi connectivity index (χ3n) is 17.0. The Hall–Kier alpha value is -1.85. The zero-order valence-electron chi connectivity index (χ0n) is 54.6. The SMILES string of the molecule is CCCCCC/C=C\CCCCCCCC(=O)OCC(COC(=O)CCCCCCCCCCCCCCCCCCCCCCCCCCCC)OC(=O)CCCCCCCCCCCCCCCCCCCCCCCCC. The summed E-state index contributed by atoms with van der Waals surface area (Å²) in [5, 5.41) is 0. The van der Waals surface area contributed by atoms with E-state index in [1.807, 2.05) is 0 Å². The van der Waals surface area contributed by atoms with Gasteiger partial charge in [0, 0.05) is 19.3 Å². The predicted molar refractivity (Wildman–Crippen MR) is 349 cm³/mol. The van der Waals surface area contributed by atoms with Gasteiger partial charge in [-0.15, -0.1) is 0 Å². The van der Waals surface area contributed by atoms with Crippen molar-refractivity contribution in [3.63, 3.8) is 0 Å². The minimum atomic E-state index is -0.770. The van der Waals surface area contributed by atoms with Crippen LogP contribution in [0.15, 0.2) is 12.2 Å². The summed E-state index contributed by atoms with van der Waals surface area (Å²) in [4.78, 5) is 38.4. The van der Waals surface area contributed by atoms with Crippen LogP contribution in [0.2, 0.25) is 0 Å². The molecule has 6 heteroatoms. The lowest BCUT2D eigenvalue weighted by atomic mass is 10.0. The Morgan fingerprint density at radius 1 is 0.237 bits per heavy atom. The fourth-order valence-corrected chi connectivity index (χ4v) is 11.5. The Morgan fingerprint density at radius 3 is 0.637 bits per heavy atom. The summed E-state index contributed by atoms with van der Waals surface area (Å²) >= 11 is 0.